The van der Waals surface area contributed by atoms with Crippen molar-refractivity contribution >= 4 is 21.6 Å². The summed E-state index contributed by atoms with van der Waals surface area (Å²) in [6.45, 7) is 2.94. The van der Waals surface area contributed by atoms with Crippen molar-refractivity contribution in [2.45, 2.75) is 38.3 Å². The standard InChI is InChI=1S/C16H24N2O4S/c1-3-15(16(19)17-12-14-10-7-11-22-14)18(23(2,20)21)13-8-5-4-6-9-13/h4-6,8-9,14-15H,3,7,10-12H2,1-2H3,(H,17,19)/t14-,15-/m0/s1. The summed E-state index contributed by atoms with van der Waals surface area (Å²) in [5.41, 5.74) is 0.495. The Morgan fingerprint density at radius 3 is 2.61 bits per heavy atom. The van der Waals surface area contributed by atoms with Gasteiger partial charge in [0.05, 0.1) is 18.0 Å². The fraction of sp³-hybridized carbons (Fsp3) is 0.562. The lowest BCUT2D eigenvalue weighted by Crippen LogP contribution is -2.50. The highest BCUT2D eigenvalue weighted by atomic mass is 32.2. The normalized spacial score (nSPS) is 19.3. The highest BCUT2D eigenvalue weighted by molar-refractivity contribution is 7.92. The molecule has 0 saturated carbocycles. The third-order valence-electron chi connectivity index (χ3n) is 3.87. The Morgan fingerprint density at radius 1 is 1.39 bits per heavy atom. The molecule has 2 atom stereocenters. The summed E-state index contributed by atoms with van der Waals surface area (Å²) in [5, 5.41) is 2.83. The maximum Gasteiger partial charge on any atom is 0.243 e. The second-order valence-corrected chi connectivity index (χ2v) is 7.56. The summed E-state index contributed by atoms with van der Waals surface area (Å²) in [7, 11) is -3.57. The highest BCUT2D eigenvalue weighted by Gasteiger charge is 2.31. The predicted molar refractivity (Wildman–Crippen MR) is 89.8 cm³/mol. The smallest absolute Gasteiger partial charge is 0.243 e. The number of hydrogen-bond donors (Lipinski definition) is 1. The van der Waals surface area contributed by atoms with E-state index in [1.807, 2.05) is 6.07 Å². The number of ether oxygens (including phenoxy) is 1. The van der Waals surface area contributed by atoms with Crippen LogP contribution in [0.1, 0.15) is 26.2 Å². The Labute approximate surface area is 137 Å². The van der Waals surface area contributed by atoms with Gasteiger partial charge in [-0.15, -0.1) is 0 Å². The van der Waals surface area contributed by atoms with Crippen LogP contribution in [0.3, 0.4) is 0 Å². The second-order valence-electron chi connectivity index (χ2n) is 5.70. The first kappa shape index (κ1) is 17.7. The van der Waals surface area contributed by atoms with Crippen LogP contribution in [0.15, 0.2) is 30.3 Å². The van der Waals surface area contributed by atoms with Crippen LogP contribution in [0.2, 0.25) is 0 Å². The van der Waals surface area contributed by atoms with Gasteiger partial charge in [-0.25, -0.2) is 8.42 Å². The van der Waals surface area contributed by atoms with Gasteiger partial charge >= 0.3 is 0 Å². The summed E-state index contributed by atoms with van der Waals surface area (Å²) in [6, 6.07) is 7.93. The molecule has 0 aliphatic carbocycles. The number of nitrogens with one attached hydrogen (secondary N) is 1. The average Bonchev–Trinajstić information content (AvgIpc) is 3.03. The Kier molecular flexibility index (Phi) is 6.01. The predicted octanol–water partition coefficient (Wildman–Crippen LogP) is 1.53. The van der Waals surface area contributed by atoms with Gasteiger partial charge in [0.25, 0.3) is 0 Å². The Hall–Kier alpha value is -1.60. The zero-order valence-corrected chi connectivity index (χ0v) is 14.4. The van der Waals surface area contributed by atoms with Crippen molar-refractivity contribution in [3.63, 3.8) is 0 Å². The molecule has 6 nitrogen and oxygen atoms in total. The number of carbonyl (C=O) groups excluding carboxylic acids is 1. The number of para-hydroxylation sites is 1. The molecular weight excluding hydrogens is 316 g/mol. The fourth-order valence-corrected chi connectivity index (χ4v) is 3.98. The molecule has 1 aliphatic heterocycles. The first-order valence-electron chi connectivity index (χ1n) is 7.87. The quantitative estimate of drug-likeness (QED) is 0.817. The van der Waals surface area contributed by atoms with E-state index in [1.165, 1.54) is 4.31 Å². The minimum Gasteiger partial charge on any atom is -0.376 e. The summed E-state index contributed by atoms with van der Waals surface area (Å²) in [4.78, 5) is 12.5. The van der Waals surface area contributed by atoms with E-state index in [0.29, 0.717) is 18.7 Å². The van der Waals surface area contributed by atoms with Crippen molar-refractivity contribution in [3.05, 3.63) is 30.3 Å². The van der Waals surface area contributed by atoms with Crippen LogP contribution >= 0.6 is 0 Å². The van der Waals surface area contributed by atoms with E-state index in [2.05, 4.69) is 5.32 Å². The van der Waals surface area contributed by atoms with Gasteiger partial charge in [0.2, 0.25) is 15.9 Å². The van der Waals surface area contributed by atoms with E-state index in [1.54, 1.807) is 31.2 Å². The molecule has 1 N–H and O–H groups in total. The van der Waals surface area contributed by atoms with Gasteiger partial charge in [-0.2, -0.15) is 0 Å². The first-order chi connectivity index (χ1) is 10.9. The van der Waals surface area contributed by atoms with Gasteiger partial charge in [-0.05, 0) is 31.4 Å². The average molecular weight is 340 g/mol. The van der Waals surface area contributed by atoms with E-state index in [0.717, 1.165) is 25.7 Å². The molecule has 0 spiro atoms. The molecule has 128 valence electrons. The van der Waals surface area contributed by atoms with E-state index in [-0.39, 0.29) is 12.0 Å². The monoisotopic (exact) mass is 340 g/mol. The SMILES string of the molecule is CC[C@@H](C(=O)NC[C@@H]1CCCO1)N(c1ccccc1)S(C)(=O)=O. The van der Waals surface area contributed by atoms with Gasteiger partial charge in [-0.3, -0.25) is 9.10 Å². The lowest BCUT2D eigenvalue weighted by atomic mass is 10.1. The van der Waals surface area contributed by atoms with E-state index >= 15 is 0 Å². The molecule has 0 radical (unpaired) electrons. The van der Waals surface area contributed by atoms with Crippen LogP contribution in [0.5, 0.6) is 0 Å². The summed E-state index contributed by atoms with van der Waals surface area (Å²) < 4.78 is 31.1. The molecule has 1 saturated heterocycles. The van der Waals surface area contributed by atoms with Gasteiger partial charge in [0.15, 0.2) is 0 Å². The second kappa shape index (κ2) is 7.79. The van der Waals surface area contributed by atoms with E-state index in [9.17, 15) is 13.2 Å². The van der Waals surface area contributed by atoms with Crippen LogP contribution in [-0.4, -0.2) is 45.9 Å². The molecule has 23 heavy (non-hydrogen) atoms. The number of carbonyl (C=O) groups is 1. The van der Waals surface area contributed by atoms with Crippen LogP contribution < -0.4 is 9.62 Å². The van der Waals surface area contributed by atoms with Crippen LogP contribution in [0, 0.1) is 0 Å². The first-order valence-corrected chi connectivity index (χ1v) is 9.72. The molecule has 1 aromatic rings. The lowest BCUT2D eigenvalue weighted by molar-refractivity contribution is -0.122. The molecule has 1 aromatic carbocycles. The van der Waals surface area contributed by atoms with Gasteiger partial charge in [-0.1, -0.05) is 25.1 Å². The molecule has 1 amide bonds. The Bertz CT molecular complexity index is 612. The van der Waals surface area contributed by atoms with E-state index < -0.39 is 16.1 Å². The van der Waals surface area contributed by atoms with E-state index in [4.69, 9.17) is 4.74 Å². The van der Waals surface area contributed by atoms with Crippen molar-refractivity contribution in [1.82, 2.24) is 5.32 Å². The Balaban J connectivity index is 2.15. The molecule has 2 rings (SSSR count). The zero-order valence-electron chi connectivity index (χ0n) is 13.6. The minimum atomic E-state index is -3.57. The van der Waals surface area contributed by atoms with Crippen LogP contribution in [-0.2, 0) is 19.6 Å². The van der Waals surface area contributed by atoms with Crippen LogP contribution in [0.25, 0.3) is 0 Å². The number of benzene rings is 1. The van der Waals surface area contributed by atoms with Crippen molar-refractivity contribution in [1.29, 1.82) is 0 Å². The maximum atomic E-state index is 12.5. The molecule has 0 bridgehead atoms. The molecule has 1 fully saturated rings. The van der Waals surface area contributed by atoms with Gasteiger partial charge in [0, 0.05) is 13.2 Å². The fourth-order valence-electron chi connectivity index (χ4n) is 2.77. The van der Waals surface area contributed by atoms with Crippen LogP contribution in [0.4, 0.5) is 5.69 Å². The van der Waals surface area contributed by atoms with Gasteiger partial charge < -0.3 is 10.1 Å². The Morgan fingerprint density at radius 2 is 2.09 bits per heavy atom. The number of hydrogen-bond acceptors (Lipinski definition) is 4. The number of sulfonamides is 1. The summed E-state index contributed by atoms with van der Waals surface area (Å²) in [5.74, 6) is -0.294. The minimum absolute atomic E-state index is 0.0277. The molecule has 0 aromatic heterocycles. The number of nitrogens with zero attached hydrogens (tertiary/aromatic N) is 1. The molecular formula is C16H24N2O4S. The van der Waals surface area contributed by atoms with Gasteiger partial charge in [0.1, 0.15) is 6.04 Å². The van der Waals surface area contributed by atoms with Crippen molar-refractivity contribution in [3.8, 4) is 0 Å². The topological polar surface area (TPSA) is 75.7 Å². The van der Waals surface area contributed by atoms with Crippen molar-refractivity contribution in [2.75, 3.05) is 23.7 Å². The molecule has 7 heteroatoms. The highest BCUT2D eigenvalue weighted by Crippen LogP contribution is 2.22. The lowest BCUT2D eigenvalue weighted by Gasteiger charge is -2.30. The summed E-state index contributed by atoms with van der Waals surface area (Å²) >= 11 is 0. The van der Waals surface area contributed by atoms with Crippen molar-refractivity contribution < 1.29 is 17.9 Å². The summed E-state index contributed by atoms with van der Waals surface area (Å²) in [6.07, 6.45) is 3.46. The largest absolute Gasteiger partial charge is 0.376 e. The maximum absolute atomic E-state index is 12.5. The number of rotatable bonds is 7. The molecule has 0 unspecified atom stereocenters. The third kappa shape index (κ3) is 4.68. The molecule has 1 aliphatic rings. The number of amides is 1. The number of anilines is 1. The zero-order chi connectivity index (χ0) is 16.9. The van der Waals surface area contributed by atoms with Crippen molar-refractivity contribution in [2.24, 2.45) is 0 Å². The molecule has 1 heterocycles. The third-order valence-corrected chi connectivity index (χ3v) is 5.05.